The molecule has 0 bridgehead atoms. The van der Waals surface area contributed by atoms with Crippen LogP contribution in [0.3, 0.4) is 0 Å². The Balaban J connectivity index is 2.10. The first-order valence-electron chi connectivity index (χ1n) is 8.22. The second-order valence-electron chi connectivity index (χ2n) is 6.45. The average Bonchev–Trinajstić information content (AvgIpc) is 3.01. The molecule has 25 heavy (non-hydrogen) atoms. The fraction of sp³-hybridized carbons (Fsp3) is 0.562. The number of sulfonamides is 1. The van der Waals surface area contributed by atoms with E-state index in [1.165, 1.54) is 29.6 Å². The van der Waals surface area contributed by atoms with Gasteiger partial charge in [0.1, 0.15) is 6.04 Å². The summed E-state index contributed by atoms with van der Waals surface area (Å²) >= 11 is 0. The zero-order valence-corrected chi connectivity index (χ0v) is 14.6. The van der Waals surface area contributed by atoms with Gasteiger partial charge in [-0.05, 0) is 31.2 Å². The molecule has 1 aliphatic carbocycles. The number of esters is 1. The van der Waals surface area contributed by atoms with Crippen molar-refractivity contribution in [2.24, 2.45) is 5.92 Å². The Kier molecular flexibility index (Phi) is 4.79. The first-order chi connectivity index (χ1) is 11.9. The standard InChI is InChI=1S/C16H20N2O6S/c1-24-16(19)14-10-11-6-2-3-7-12(11)17(14)25(22,23)15-9-5-4-8-13(15)18(20)21/h4-5,8-9,11-12,14H,2-3,6-7,10H2,1H3/t11-,12-,14-/m0/s1. The predicted octanol–water partition coefficient (Wildman–Crippen LogP) is 2.09. The number of para-hydroxylation sites is 1. The molecule has 2 aliphatic rings. The number of carbonyl (C=O) groups is 1. The molecule has 1 aromatic carbocycles. The third-order valence-corrected chi connectivity index (χ3v) is 7.10. The second kappa shape index (κ2) is 6.72. The van der Waals surface area contributed by atoms with E-state index in [0.717, 1.165) is 25.3 Å². The van der Waals surface area contributed by atoms with E-state index in [1.54, 1.807) is 0 Å². The van der Waals surface area contributed by atoms with Gasteiger partial charge < -0.3 is 4.74 Å². The highest BCUT2D eigenvalue weighted by atomic mass is 32.2. The normalized spacial score (nSPS) is 26.8. The lowest BCUT2D eigenvalue weighted by molar-refractivity contribution is -0.387. The zero-order valence-electron chi connectivity index (χ0n) is 13.8. The number of rotatable bonds is 4. The van der Waals surface area contributed by atoms with Gasteiger partial charge in [-0.3, -0.25) is 14.9 Å². The first-order valence-corrected chi connectivity index (χ1v) is 9.66. The molecule has 3 atom stereocenters. The van der Waals surface area contributed by atoms with Gasteiger partial charge in [0.25, 0.3) is 15.7 Å². The van der Waals surface area contributed by atoms with Crippen LogP contribution in [0.5, 0.6) is 0 Å². The van der Waals surface area contributed by atoms with Crippen LogP contribution in [0.25, 0.3) is 0 Å². The molecular formula is C16H20N2O6S. The molecule has 3 rings (SSSR count). The van der Waals surface area contributed by atoms with Gasteiger partial charge >= 0.3 is 5.97 Å². The summed E-state index contributed by atoms with van der Waals surface area (Å²) in [6.45, 7) is 0. The van der Waals surface area contributed by atoms with E-state index in [0.29, 0.717) is 12.8 Å². The molecule has 1 heterocycles. The monoisotopic (exact) mass is 368 g/mol. The number of methoxy groups -OCH3 is 1. The molecule has 2 fully saturated rings. The zero-order chi connectivity index (χ0) is 18.2. The lowest BCUT2D eigenvalue weighted by Gasteiger charge is -2.32. The number of hydrogen-bond acceptors (Lipinski definition) is 6. The number of ether oxygens (including phenoxy) is 1. The molecule has 1 saturated heterocycles. The molecule has 0 aromatic heterocycles. The summed E-state index contributed by atoms with van der Waals surface area (Å²) in [4.78, 5) is 22.4. The lowest BCUT2D eigenvalue weighted by Crippen LogP contribution is -2.46. The number of nitro groups is 1. The van der Waals surface area contributed by atoms with Gasteiger partial charge in [0.05, 0.1) is 12.0 Å². The maximum Gasteiger partial charge on any atom is 0.324 e. The first kappa shape index (κ1) is 17.8. The van der Waals surface area contributed by atoms with E-state index >= 15 is 0 Å². The van der Waals surface area contributed by atoms with Crippen LogP contribution in [0.4, 0.5) is 5.69 Å². The molecular weight excluding hydrogens is 348 g/mol. The van der Waals surface area contributed by atoms with Gasteiger partial charge in [-0.15, -0.1) is 0 Å². The quantitative estimate of drug-likeness (QED) is 0.457. The third kappa shape index (κ3) is 3.02. The number of carbonyl (C=O) groups excluding carboxylic acids is 1. The lowest BCUT2D eigenvalue weighted by atomic mass is 9.85. The molecule has 9 heteroatoms. The predicted molar refractivity (Wildman–Crippen MR) is 88.3 cm³/mol. The van der Waals surface area contributed by atoms with Gasteiger partial charge in [-0.25, -0.2) is 8.42 Å². The molecule has 1 aliphatic heterocycles. The minimum Gasteiger partial charge on any atom is -0.468 e. The number of nitro benzene ring substituents is 1. The van der Waals surface area contributed by atoms with Crippen molar-refractivity contribution >= 4 is 21.7 Å². The van der Waals surface area contributed by atoms with Crippen molar-refractivity contribution < 1.29 is 22.9 Å². The van der Waals surface area contributed by atoms with E-state index < -0.39 is 32.6 Å². The van der Waals surface area contributed by atoms with Crippen molar-refractivity contribution in [2.75, 3.05) is 7.11 Å². The highest BCUT2D eigenvalue weighted by Crippen LogP contribution is 2.44. The Labute approximate surface area is 146 Å². The summed E-state index contributed by atoms with van der Waals surface area (Å²) in [5, 5.41) is 11.3. The molecule has 8 nitrogen and oxygen atoms in total. The third-order valence-electron chi connectivity index (χ3n) is 5.12. The smallest absolute Gasteiger partial charge is 0.324 e. The second-order valence-corrected chi connectivity index (χ2v) is 8.26. The number of hydrogen-bond donors (Lipinski definition) is 0. The summed E-state index contributed by atoms with van der Waals surface area (Å²) in [5.41, 5.74) is -0.481. The Morgan fingerprint density at radius 3 is 2.64 bits per heavy atom. The molecule has 1 aromatic rings. The van der Waals surface area contributed by atoms with Crippen LogP contribution in [0.15, 0.2) is 29.2 Å². The molecule has 0 spiro atoms. The largest absolute Gasteiger partial charge is 0.468 e. The Morgan fingerprint density at radius 2 is 1.96 bits per heavy atom. The maximum absolute atomic E-state index is 13.3. The van der Waals surface area contributed by atoms with Crippen LogP contribution in [-0.2, 0) is 19.6 Å². The summed E-state index contributed by atoms with van der Waals surface area (Å²) in [7, 11) is -2.98. The summed E-state index contributed by atoms with van der Waals surface area (Å²) in [6, 6.07) is 4.00. The van der Waals surface area contributed by atoms with Crippen LogP contribution in [0.1, 0.15) is 32.1 Å². The molecule has 0 N–H and O–H groups in total. The number of fused-ring (bicyclic) bond motifs is 1. The Hall–Kier alpha value is -2.00. The van der Waals surface area contributed by atoms with Crippen LogP contribution in [0.2, 0.25) is 0 Å². The summed E-state index contributed by atoms with van der Waals surface area (Å²) in [5.74, 6) is -0.535. The molecule has 1 saturated carbocycles. The van der Waals surface area contributed by atoms with E-state index in [4.69, 9.17) is 4.74 Å². The van der Waals surface area contributed by atoms with E-state index in [2.05, 4.69) is 0 Å². The highest BCUT2D eigenvalue weighted by molar-refractivity contribution is 7.89. The highest BCUT2D eigenvalue weighted by Gasteiger charge is 2.52. The van der Waals surface area contributed by atoms with Crippen molar-refractivity contribution in [3.05, 3.63) is 34.4 Å². The van der Waals surface area contributed by atoms with Crippen LogP contribution < -0.4 is 0 Å². The molecule has 136 valence electrons. The minimum atomic E-state index is -4.20. The van der Waals surface area contributed by atoms with Crippen molar-refractivity contribution in [2.45, 2.75) is 49.1 Å². The molecule has 0 radical (unpaired) electrons. The van der Waals surface area contributed by atoms with Crippen molar-refractivity contribution in [1.82, 2.24) is 4.31 Å². The topological polar surface area (TPSA) is 107 Å². The molecule has 0 amide bonds. The minimum absolute atomic E-state index is 0.0791. The average molecular weight is 368 g/mol. The van der Waals surface area contributed by atoms with Crippen LogP contribution in [-0.4, -0.2) is 42.8 Å². The summed E-state index contributed by atoms with van der Waals surface area (Å²) in [6.07, 6.45) is 3.77. The fourth-order valence-electron chi connectivity index (χ4n) is 4.04. The van der Waals surface area contributed by atoms with E-state index in [-0.39, 0.29) is 16.9 Å². The van der Waals surface area contributed by atoms with E-state index in [1.807, 2.05) is 0 Å². The SMILES string of the molecule is COC(=O)[C@@H]1C[C@@H]2CCCC[C@@H]2N1S(=O)(=O)c1ccccc1[N+](=O)[O-]. The van der Waals surface area contributed by atoms with Gasteiger partial charge in [-0.1, -0.05) is 25.0 Å². The van der Waals surface area contributed by atoms with Gasteiger partial charge in [-0.2, -0.15) is 4.31 Å². The van der Waals surface area contributed by atoms with Crippen molar-refractivity contribution in [3.63, 3.8) is 0 Å². The van der Waals surface area contributed by atoms with Crippen molar-refractivity contribution in [1.29, 1.82) is 0 Å². The Morgan fingerprint density at radius 1 is 1.28 bits per heavy atom. The molecule has 0 unspecified atom stereocenters. The van der Waals surface area contributed by atoms with Crippen LogP contribution >= 0.6 is 0 Å². The number of benzene rings is 1. The van der Waals surface area contributed by atoms with Gasteiger partial charge in [0.2, 0.25) is 0 Å². The van der Waals surface area contributed by atoms with Crippen LogP contribution in [0, 0.1) is 16.0 Å². The van der Waals surface area contributed by atoms with Gasteiger partial charge in [0.15, 0.2) is 4.90 Å². The van der Waals surface area contributed by atoms with Gasteiger partial charge in [0, 0.05) is 12.1 Å². The number of nitrogens with zero attached hydrogens (tertiary/aromatic N) is 2. The Bertz CT molecular complexity index is 794. The van der Waals surface area contributed by atoms with E-state index in [9.17, 15) is 23.3 Å². The maximum atomic E-state index is 13.3. The van der Waals surface area contributed by atoms with Crippen molar-refractivity contribution in [3.8, 4) is 0 Å². The summed E-state index contributed by atoms with van der Waals surface area (Å²) < 4.78 is 32.5. The fourth-order valence-corrected chi connectivity index (χ4v) is 6.07.